The van der Waals surface area contributed by atoms with Gasteiger partial charge in [0.2, 0.25) is 0 Å². The van der Waals surface area contributed by atoms with E-state index in [0.717, 1.165) is 37.7 Å². The van der Waals surface area contributed by atoms with Gasteiger partial charge in [0.05, 0.1) is 6.10 Å². The van der Waals surface area contributed by atoms with Crippen LogP contribution in [-0.2, 0) is 0 Å². The van der Waals surface area contributed by atoms with Crippen molar-refractivity contribution in [1.29, 1.82) is 0 Å². The fourth-order valence-corrected chi connectivity index (χ4v) is 2.68. The highest BCUT2D eigenvalue weighted by molar-refractivity contribution is 5.36. The van der Waals surface area contributed by atoms with Crippen molar-refractivity contribution >= 4 is 0 Å². The van der Waals surface area contributed by atoms with Crippen molar-refractivity contribution < 1.29 is 14.2 Å². The molecule has 0 aromatic heterocycles. The van der Waals surface area contributed by atoms with E-state index in [2.05, 4.69) is 5.32 Å². The maximum Gasteiger partial charge on any atom is 0.124 e. The average Bonchev–Trinajstić information content (AvgIpc) is 2.65. The molecule has 1 aliphatic rings. The van der Waals surface area contributed by atoms with Gasteiger partial charge in [-0.1, -0.05) is 12.8 Å². The summed E-state index contributed by atoms with van der Waals surface area (Å²) in [4.78, 5) is 0. The summed E-state index contributed by atoms with van der Waals surface area (Å²) in [7, 11) is 1.83. The van der Waals surface area contributed by atoms with Crippen molar-refractivity contribution in [2.75, 3.05) is 7.05 Å². The SMILES string of the molecule is CNC(C)c1cc(F)ccc1OC1CCCCCC1O. The quantitative estimate of drug-likeness (QED) is 0.833. The number of ether oxygens (including phenoxy) is 1. The van der Waals surface area contributed by atoms with E-state index >= 15 is 0 Å². The van der Waals surface area contributed by atoms with Gasteiger partial charge >= 0.3 is 0 Å². The second-order valence-corrected chi connectivity index (χ2v) is 5.55. The second kappa shape index (κ2) is 7.04. The summed E-state index contributed by atoms with van der Waals surface area (Å²) in [5.74, 6) is 0.398. The fraction of sp³-hybridized carbons (Fsp3) is 0.625. The molecule has 3 atom stereocenters. The lowest BCUT2D eigenvalue weighted by Crippen LogP contribution is -2.31. The maximum absolute atomic E-state index is 13.4. The predicted octanol–water partition coefficient (Wildman–Crippen LogP) is 3.18. The zero-order valence-corrected chi connectivity index (χ0v) is 12.2. The van der Waals surface area contributed by atoms with Crippen molar-refractivity contribution in [2.24, 2.45) is 0 Å². The number of aliphatic hydroxyl groups is 1. The Labute approximate surface area is 120 Å². The maximum atomic E-state index is 13.4. The normalized spacial score (nSPS) is 25.0. The lowest BCUT2D eigenvalue weighted by Gasteiger charge is -2.25. The van der Waals surface area contributed by atoms with E-state index in [9.17, 15) is 9.50 Å². The molecule has 4 heteroatoms. The molecule has 20 heavy (non-hydrogen) atoms. The van der Waals surface area contributed by atoms with Crippen LogP contribution in [0.5, 0.6) is 5.75 Å². The van der Waals surface area contributed by atoms with E-state index < -0.39 is 6.10 Å². The van der Waals surface area contributed by atoms with Crippen LogP contribution in [0.1, 0.15) is 50.6 Å². The standard InChI is InChI=1S/C16H24FNO2/c1-11(18-2)13-10-12(17)8-9-15(13)20-16-7-5-3-4-6-14(16)19/h8-11,14,16,18-19H,3-7H2,1-2H3. The fourth-order valence-electron chi connectivity index (χ4n) is 2.68. The third-order valence-electron chi connectivity index (χ3n) is 4.07. The summed E-state index contributed by atoms with van der Waals surface area (Å²) in [5.41, 5.74) is 0.795. The Balaban J connectivity index is 2.19. The molecule has 1 aromatic rings. The molecule has 2 rings (SSSR count). The number of aliphatic hydroxyl groups excluding tert-OH is 1. The number of halogens is 1. The molecule has 0 saturated heterocycles. The van der Waals surface area contributed by atoms with Crippen molar-refractivity contribution in [3.63, 3.8) is 0 Å². The van der Waals surface area contributed by atoms with E-state index in [4.69, 9.17) is 4.74 Å². The molecule has 3 nitrogen and oxygen atoms in total. The van der Waals surface area contributed by atoms with Crippen molar-refractivity contribution in [3.8, 4) is 5.75 Å². The van der Waals surface area contributed by atoms with Gasteiger partial charge in [0.1, 0.15) is 17.7 Å². The van der Waals surface area contributed by atoms with Crippen LogP contribution in [0.4, 0.5) is 4.39 Å². The molecule has 0 amide bonds. The highest BCUT2D eigenvalue weighted by atomic mass is 19.1. The topological polar surface area (TPSA) is 41.5 Å². The Hall–Kier alpha value is -1.13. The minimum atomic E-state index is -0.430. The largest absolute Gasteiger partial charge is 0.487 e. The van der Waals surface area contributed by atoms with Crippen LogP contribution in [0.25, 0.3) is 0 Å². The van der Waals surface area contributed by atoms with E-state index in [1.165, 1.54) is 12.1 Å². The van der Waals surface area contributed by atoms with Gasteiger partial charge in [0, 0.05) is 11.6 Å². The van der Waals surface area contributed by atoms with Gasteiger partial charge < -0.3 is 15.2 Å². The molecule has 112 valence electrons. The van der Waals surface area contributed by atoms with E-state index in [-0.39, 0.29) is 18.0 Å². The van der Waals surface area contributed by atoms with Crippen LogP contribution < -0.4 is 10.1 Å². The predicted molar refractivity (Wildman–Crippen MR) is 77.4 cm³/mol. The first-order chi connectivity index (χ1) is 9.61. The molecule has 1 fully saturated rings. The third kappa shape index (κ3) is 3.70. The van der Waals surface area contributed by atoms with Gasteiger partial charge in [0.25, 0.3) is 0 Å². The monoisotopic (exact) mass is 281 g/mol. The molecule has 3 unspecified atom stereocenters. The van der Waals surface area contributed by atoms with Gasteiger partial charge in [-0.15, -0.1) is 0 Å². The van der Waals surface area contributed by atoms with Crippen LogP contribution in [-0.4, -0.2) is 24.4 Å². The number of rotatable bonds is 4. The molecular weight excluding hydrogens is 257 g/mol. The first-order valence-electron chi connectivity index (χ1n) is 7.43. The highest BCUT2D eigenvalue weighted by Gasteiger charge is 2.24. The smallest absolute Gasteiger partial charge is 0.124 e. The van der Waals surface area contributed by atoms with Gasteiger partial charge in [0.15, 0.2) is 0 Å². The van der Waals surface area contributed by atoms with Crippen molar-refractivity contribution in [2.45, 2.75) is 57.3 Å². The lowest BCUT2D eigenvalue weighted by molar-refractivity contribution is 0.0311. The van der Waals surface area contributed by atoms with Crippen LogP contribution in [0, 0.1) is 5.82 Å². The van der Waals surface area contributed by atoms with Crippen LogP contribution in [0.15, 0.2) is 18.2 Å². The van der Waals surface area contributed by atoms with Crippen molar-refractivity contribution in [1.82, 2.24) is 5.32 Å². The number of nitrogens with one attached hydrogen (secondary N) is 1. The first kappa shape index (κ1) is 15.3. The van der Waals surface area contributed by atoms with Gasteiger partial charge in [-0.05, 0) is 51.4 Å². The lowest BCUT2D eigenvalue weighted by atomic mass is 10.1. The molecule has 0 aliphatic heterocycles. The first-order valence-corrected chi connectivity index (χ1v) is 7.43. The molecule has 1 aliphatic carbocycles. The average molecular weight is 281 g/mol. The Morgan fingerprint density at radius 1 is 1.30 bits per heavy atom. The van der Waals surface area contributed by atoms with Crippen LogP contribution in [0.2, 0.25) is 0 Å². The van der Waals surface area contributed by atoms with E-state index in [0.29, 0.717) is 5.75 Å². The minimum Gasteiger partial charge on any atom is -0.487 e. The van der Waals surface area contributed by atoms with Crippen molar-refractivity contribution in [3.05, 3.63) is 29.6 Å². The Kier molecular flexibility index (Phi) is 5.38. The molecule has 2 N–H and O–H groups in total. The second-order valence-electron chi connectivity index (χ2n) is 5.55. The van der Waals surface area contributed by atoms with E-state index in [1.807, 2.05) is 14.0 Å². The summed E-state index contributed by atoms with van der Waals surface area (Å²) in [6, 6.07) is 4.57. The zero-order valence-electron chi connectivity index (χ0n) is 12.2. The van der Waals surface area contributed by atoms with Gasteiger partial charge in [-0.3, -0.25) is 0 Å². The molecule has 0 bridgehead atoms. The number of hydrogen-bond donors (Lipinski definition) is 2. The summed E-state index contributed by atoms with van der Waals surface area (Å²) in [6.45, 7) is 1.96. The van der Waals surface area contributed by atoms with Crippen LogP contribution in [0.3, 0.4) is 0 Å². The number of benzene rings is 1. The van der Waals surface area contributed by atoms with Crippen LogP contribution >= 0.6 is 0 Å². The summed E-state index contributed by atoms with van der Waals surface area (Å²) in [5, 5.41) is 13.2. The Morgan fingerprint density at radius 2 is 2.05 bits per heavy atom. The molecule has 1 aromatic carbocycles. The zero-order chi connectivity index (χ0) is 14.5. The highest BCUT2D eigenvalue weighted by Crippen LogP contribution is 2.29. The number of hydrogen-bond acceptors (Lipinski definition) is 3. The summed E-state index contributed by atoms with van der Waals surface area (Å²) >= 11 is 0. The molecule has 1 saturated carbocycles. The Bertz CT molecular complexity index is 438. The summed E-state index contributed by atoms with van der Waals surface area (Å²) in [6.07, 6.45) is 4.27. The van der Waals surface area contributed by atoms with Gasteiger partial charge in [-0.2, -0.15) is 0 Å². The Morgan fingerprint density at radius 3 is 2.80 bits per heavy atom. The molecule has 0 heterocycles. The van der Waals surface area contributed by atoms with Gasteiger partial charge in [-0.25, -0.2) is 4.39 Å². The molecular formula is C16H24FNO2. The molecule has 0 radical (unpaired) electrons. The molecule has 0 spiro atoms. The minimum absolute atomic E-state index is 0.00335. The summed E-state index contributed by atoms with van der Waals surface area (Å²) < 4.78 is 19.4. The third-order valence-corrected chi connectivity index (χ3v) is 4.07. The van der Waals surface area contributed by atoms with E-state index in [1.54, 1.807) is 6.07 Å².